The van der Waals surface area contributed by atoms with E-state index in [-0.39, 0.29) is 22.7 Å². The van der Waals surface area contributed by atoms with E-state index in [4.69, 9.17) is 0 Å². The zero-order valence-electron chi connectivity index (χ0n) is 24.9. The van der Waals surface area contributed by atoms with Crippen LogP contribution in [0, 0.1) is 23.7 Å². The normalized spacial score (nSPS) is 20.2. The van der Waals surface area contributed by atoms with Gasteiger partial charge in [-0.2, -0.15) is 17.0 Å². The van der Waals surface area contributed by atoms with Crippen LogP contribution < -0.4 is 10.6 Å². The van der Waals surface area contributed by atoms with E-state index < -0.39 is 5.41 Å². The van der Waals surface area contributed by atoms with Gasteiger partial charge in [0.2, 0.25) is 12.3 Å². The molecule has 2 heterocycles. The number of carbonyl (C=O) groups is 2. The first-order chi connectivity index (χ1) is 18.9. The number of hydrogen-bond acceptors (Lipinski definition) is 6. The molecule has 4 rings (SSSR count). The summed E-state index contributed by atoms with van der Waals surface area (Å²) in [6.45, 7) is 16.0. The van der Waals surface area contributed by atoms with E-state index in [1.54, 1.807) is 11.3 Å². The Balaban J connectivity index is 0.000000230. The van der Waals surface area contributed by atoms with Gasteiger partial charge in [-0.25, -0.2) is 9.56 Å². The Bertz CT molecular complexity index is 1230. The van der Waals surface area contributed by atoms with E-state index in [9.17, 15) is 14.9 Å². The first-order valence-corrected chi connectivity index (χ1v) is 15.9. The van der Waals surface area contributed by atoms with Gasteiger partial charge in [0.1, 0.15) is 24.0 Å². The molecule has 40 heavy (non-hydrogen) atoms. The number of nitriles is 1. The van der Waals surface area contributed by atoms with Gasteiger partial charge in [-0.3, -0.25) is 9.59 Å². The highest BCUT2D eigenvalue weighted by Crippen LogP contribution is 2.45. The summed E-state index contributed by atoms with van der Waals surface area (Å²) in [6.07, 6.45) is 6.74. The van der Waals surface area contributed by atoms with Crippen molar-refractivity contribution >= 4 is 41.6 Å². The number of thioether (sulfide) groups is 1. The molecule has 2 fully saturated rings. The summed E-state index contributed by atoms with van der Waals surface area (Å²) in [5.74, 6) is -0.0921. The Morgan fingerprint density at radius 3 is 2.42 bits per heavy atom. The number of carbonyl (C=O) groups excluding carboxylic acids is 2. The minimum absolute atomic E-state index is 0.0455. The second-order valence-corrected chi connectivity index (χ2v) is 14.8. The monoisotopic (exact) mass is 582 g/mol. The summed E-state index contributed by atoms with van der Waals surface area (Å²) in [5, 5.41) is 15.7. The third-order valence-electron chi connectivity index (χ3n) is 7.66. The largest absolute Gasteiger partial charge is 0.352 e. The maximum Gasteiger partial charge on any atom is 0.241 e. The SMILES string of the molecule is CC(C)SC(C)(C)C(C=[N+]1CCCC1C)NC(=O)C1(C#N)CC1.Cc1ncsc1-c1ccc(C(C)NC=O)cc1. The summed E-state index contributed by atoms with van der Waals surface area (Å²) in [5.41, 5.74) is 4.42. The van der Waals surface area contributed by atoms with Gasteiger partial charge >= 0.3 is 0 Å². The van der Waals surface area contributed by atoms with Crippen molar-refractivity contribution in [2.75, 3.05) is 6.54 Å². The molecule has 7 nitrogen and oxygen atoms in total. The van der Waals surface area contributed by atoms with Crippen molar-refractivity contribution in [3.8, 4) is 16.5 Å². The summed E-state index contributed by atoms with van der Waals surface area (Å²) >= 11 is 3.52. The van der Waals surface area contributed by atoms with Crippen molar-refractivity contribution in [3.63, 3.8) is 0 Å². The Labute approximate surface area is 247 Å². The smallest absolute Gasteiger partial charge is 0.241 e. The van der Waals surface area contributed by atoms with Crippen LogP contribution in [0.4, 0.5) is 0 Å². The molecule has 1 saturated heterocycles. The standard InChI is InChI=1S/C18H29N3OS.C13H14N2OS/c1-13(2)23-17(4,5)15(11-21-10-6-7-14(21)3)20-16(22)18(12-19)8-9-18;1-9(14-7-16)11-3-5-12(6-4-11)13-10(2)15-8-17-13/h11,13-15H,6-10H2,1-5H3;3-9H,1-2H3,(H,14,16)/p+1. The first kappa shape index (κ1) is 31.8. The van der Waals surface area contributed by atoms with Gasteiger partial charge in [-0.1, -0.05) is 38.1 Å². The number of rotatable bonds is 10. The van der Waals surface area contributed by atoms with Crippen LogP contribution >= 0.6 is 23.1 Å². The van der Waals surface area contributed by atoms with Crippen molar-refractivity contribution in [3.05, 3.63) is 41.0 Å². The van der Waals surface area contributed by atoms with Crippen LogP contribution in [0.25, 0.3) is 10.4 Å². The van der Waals surface area contributed by atoms with E-state index in [0.29, 0.717) is 24.1 Å². The van der Waals surface area contributed by atoms with Crippen LogP contribution in [0.1, 0.15) is 84.5 Å². The summed E-state index contributed by atoms with van der Waals surface area (Å²) < 4.78 is 2.25. The molecular weight excluding hydrogens is 539 g/mol. The number of thiazole rings is 1. The topological polar surface area (TPSA) is 97.9 Å². The van der Waals surface area contributed by atoms with Crippen molar-refractivity contribution in [2.24, 2.45) is 5.41 Å². The molecule has 3 unspecified atom stereocenters. The molecule has 1 saturated carbocycles. The van der Waals surface area contributed by atoms with Crippen molar-refractivity contribution in [1.82, 2.24) is 15.6 Å². The molecule has 1 aliphatic carbocycles. The number of benzene rings is 1. The molecule has 2 N–H and O–H groups in total. The van der Waals surface area contributed by atoms with Gasteiger partial charge in [-0.15, -0.1) is 11.3 Å². The molecule has 0 spiro atoms. The molecule has 0 bridgehead atoms. The minimum Gasteiger partial charge on any atom is -0.352 e. The molecule has 1 aromatic heterocycles. The average molecular weight is 583 g/mol. The molecular formula is C31H44N5O2S2+. The summed E-state index contributed by atoms with van der Waals surface area (Å²) in [6, 6.07) is 10.9. The van der Waals surface area contributed by atoms with Gasteiger partial charge in [0.25, 0.3) is 0 Å². The van der Waals surface area contributed by atoms with E-state index in [1.165, 1.54) is 23.3 Å². The zero-order valence-corrected chi connectivity index (χ0v) is 26.5. The quantitative estimate of drug-likeness (QED) is 0.269. The lowest BCUT2D eigenvalue weighted by Gasteiger charge is -2.33. The number of nitrogens with zero attached hydrogens (tertiary/aromatic N) is 3. The van der Waals surface area contributed by atoms with Crippen LogP contribution in [0.3, 0.4) is 0 Å². The van der Waals surface area contributed by atoms with Gasteiger partial charge < -0.3 is 10.6 Å². The number of aryl methyl sites for hydroxylation is 1. The third kappa shape index (κ3) is 8.17. The average Bonchev–Trinajstić information content (AvgIpc) is 3.44. The molecule has 9 heteroatoms. The minimum atomic E-state index is -0.763. The molecule has 2 aliphatic rings. The second-order valence-electron chi connectivity index (χ2n) is 11.7. The molecule has 1 aromatic carbocycles. The van der Waals surface area contributed by atoms with Crippen LogP contribution in [0.15, 0.2) is 29.8 Å². The van der Waals surface area contributed by atoms with Gasteiger partial charge in [0.05, 0.1) is 28.2 Å². The van der Waals surface area contributed by atoms with Crippen LogP contribution in [-0.4, -0.2) is 56.7 Å². The fourth-order valence-electron chi connectivity index (χ4n) is 4.93. The first-order valence-electron chi connectivity index (χ1n) is 14.1. The highest BCUT2D eigenvalue weighted by molar-refractivity contribution is 8.01. The number of aromatic nitrogens is 1. The molecule has 216 valence electrons. The molecule has 3 atom stereocenters. The van der Waals surface area contributed by atoms with E-state index >= 15 is 0 Å². The molecule has 2 amide bonds. The second kappa shape index (κ2) is 13.8. The molecule has 1 aliphatic heterocycles. The predicted octanol–water partition coefficient (Wildman–Crippen LogP) is 5.89. The van der Waals surface area contributed by atoms with Crippen LogP contribution in [-0.2, 0) is 9.59 Å². The van der Waals surface area contributed by atoms with Crippen LogP contribution in [0.2, 0.25) is 0 Å². The number of nitrogens with one attached hydrogen (secondary N) is 2. The highest BCUT2D eigenvalue weighted by Gasteiger charge is 2.52. The summed E-state index contributed by atoms with van der Waals surface area (Å²) in [4.78, 5) is 28.4. The third-order valence-corrected chi connectivity index (χ3v) is 9.97. The molecule has 2 aromatic rings. The Kier molecular flexibility index (Phi) is 11.0. The maximum absolute atomic E-state index is 12.6. The Hall–Kier alpha value is -2.70. The van der Waals surface area contributed by atoms with E-state index in [2.05, 4.69) is 79.2 Å². The Morgan fingerprint density at radius 2 is 1.95 bits per heavy atom. The lowest BCUT2D eigenvalue weighted by molar-refractivity contribution is -0.537. The zero-order chi connectivity index (χ0) is 29.5. The number of hydrogen-bond donors (Lipinski definition) is 2. The Morgan fingerprint density at radius 1 is 1.27 bits per heavy atom. The fraction of sp³-hybridized carbons (Fsp3) is 0.581. The lowest BCUT2D eigenvalue weighted by Crippen LogP contribution is -2.52. The summed E-state index contributed by atoms with van der Waals surface area (Å²) in [7, 11) is 0. The van der Waals surface area contributed by atoms with E-state index in [1.807, 2.05) is 43.3 Å². The fourth-order valence-corrected chi connectivity index (χ4v) is 7.23. The lowest BCUT2D eigenvalue weighted by atomic mass is 10.0. The van der Waals surface area contributed by atoms with Crippen LogP contribution in [0.5, 0.6) is 0 Å². The van der Waals surface area contributed by atoms with Crippen molar-refractivity contribution in [2.45, 2.75) is 102 Å². The van der Waals surface area contributed by atoms with Gasteiger partial charge in [-0.05, 0) is 63.8 Å². The van der Waals surface area contributed by atoms with Crippen molar-refractivity contribution in [1.29, 1.82) is 5.26 Å². The van der Waals surface area contributed by atoms with E-state index in [0.717, 1.165) is 24.2 Å². The number of amides is 2. The van der Waals surface area contributed by atoms with Gasteiger partial charge in [0.15, 0.2) is 6.21 Å². The van der Waals surface area contributed by atoms with Gasteiger partial charge in [0, 0.05) is 17.6 Å². The molecule has 0 radical (unpaired) electrons. The van der Waals surface area contributed by atoms with Crippen molar-refractivity contribution < 1.29 is 14.2 Å². The maximum atomic E-state index is 12.6. The highest BCUT2D eigenvalue weighted by atomic mass is 32.2. The predicted molar refractivity (Wildman–Crippen MR) is 166 cm³/mol.